The van der Waals surface area contributed by atoms with Gasteiger partial charge in [-0.1, -0.05) is 12.6 Å². The van der Waals surface area contributed by atoms with E-state index in [1.165, 1.54) is 13.2 Å². The number of piperazine rings is 1. The van der Waals surface area contributed by atoms with Crippen LogP contribution < -0.4 is 9.64 Å². The summed E-state index contributed by atoms with van der Waals surface area (Å²) in [6.45, 7) is 7.53. The van der Waals surface area contributed by atoms with Crippen molar-refractivity contribution in [2.45, 2.75) is 6.92 Å². The summed E-state index contributed by atoms with van der Waals surface area (Å²) in [5.41, 5.74) is 2.66. The summed E-state index contributed by atoms with van der Waals surface area (Å²) in [5, 5.41) is 8.27. The fourth-order valence-electron chi connectivity index (χ4n) is 4.24. The number of anilines is 1. The molecule has 0 unspecified atom stereocenters. The maximum Gasteiger partial charge on any atom is 0.318 e. The number of aromatic amines is 1. The molecule has 1 N–H and O–H groups in total. The number of halogens is 1. The smallest absolute Gasteiger partial charge is 0.318 e. The molecule has 0 aliphatic carbocycles. The van der Waals surface area contributed by atoms with Crippen LogP contribution in [0.15, 0.2) is 37.2 Å². The van der Waals surface area contributed by atoms with Crippen LogP contribution in [0.1, 0.15) is 5.56 Å². The van der Waals surface area contributed by atoms with Gasteiger partial charge in [-0.3, -0.25) is 14.9 Å². The van der Waals surface area contributed by atoms with Crippen molar-refractivity contribution in [1.29, 1.82) is 0 Å². The zero-order chi connectivity index (χ0) is 23.1. The van der Waals surface area contributed by atoms with Crippen molar-refractivity contribution in [3.8, 4) is 17.3 Å². The van der Waals surface area contributed by atoms with E-state index in [2.05, 4.69) is 31.7 Å². The van der Waals surface area contributed by atoms with E-state index in [4.69, 9.17) is 4.74 Å². The quantitative estimate of drug-likeness (QED) is 0.480. The van der Waals surface area contributed by atoms with Gasteiger partial charge >= 0.3 is 6.01 Å². The molecule has 0 bridgehead atoms. The molecular weight excluding hydrogens is 425 g/mol. The van der Waals surface area contributed by atoms with Crippen molar-refractivity contribution < 1.29 is 13.9 Å². The minimum atomic E-state index is -0.549. The molecule has 5 rings (SSSR count). The number of fused-ring (bicyclic) bond motifs is 2. The van der Waals surface area contributed by atoms with Gasteiger partial charge in [0.15, 0.2) is 5.82 Å². The number of benzene rings is 1. The average Bonchev–Trinajstić information content (AvgIpc) is 3.33. The third kappa shape index (κ3) is 3.43. The number of carbonyl (C=O) groups is 1. The predicted molar refractivity (Wildman–Crippen MR) is 123 cm³/mol. The second-order valence-corrected chi connectivity index (χ2v) is 7.82. The minimum Gasteiger partial charge on any atom is -0.467 e. The van der Waals surface area contributed by atoms with Gasteiger partial charge in [0.05, 0.1) is 24.2 Å². The lowest BCUT2D eigenvalue weighted by Gasteiger charge is -2.35. The van der Waals surface area contributed by atoms with Crippen LogP contribution in [-0.4, -0.2) is 69.2 Å². The normalized spacial score (nSPS) is 14.2. The standard InChI is InChI=1S/C23H22FN7O2/c1-4-17(32)30-7-9-31(10-8-30)22-15-11-25-21(19(24)20(15)27-23(28-22)33-3)18-13(2)5-6-16-14(18)12-26-29-16/h4-6,11-12H,1,7-10H2,2-3H3,(H,26,29). The van der Waals surface area contributed by atoms with Crippen molar-refractivity contribution >= 4 is 33.5 Å². The molecule has 0 radical (unpaired) electrons. The molecule has 10 heteroatoms. The number of nitrogens with zero attached hydrogens (tertiary/aromatic N) is 6. The van der Waals surface area contributed by atoms with E-state index in [9.17, 15) is 4.79 Å². The molecule has 0 atom stereocenters. The van der Waals surface area contributed by atoms with Gasteiger partial charge in [0.25, 0.3) is 0 Å². The van der Waals surface area contributed by atoms with Crippen molar-refractivity contribution in [3.05, 3.63) is 48.6 Å². The molecule has 1 aliphatic heterocycles. The molecule has 1 amide bonds. The molecule has 0 spiro atoms. The first-order valence-electron chi connectivity index (χ1n) is 10.5. The first-order valence-corrected chi connectivity index (χ1v) is 10.5. The van der Waals surface area contributed by atoms with Crippen LogP contribution in [0, 0.1) is 12.7 Å². The van der Waals surface area contributed by atoms with Gasteiger partial charge in [0.1, 0.15) is 17.0 Å². The zero-order valence-electron chi connectivity index (χ0n) is 18.3. The maximum atomic E-state index is 15.9. The Hall–Kier alpha value is -4.08. The Balaban J connectivity index is 1.63. The second-order valence-electron chi connectivity index (χ2n) is 7.82. The summed E-state index contributed by atoms with van der Waals surface area (Å²) in [7, 11) is 1.45. The molecule has 9 nitrogen and oxygen atoms in total. The number of nitrogens with one attached hydrogen (secondary N) is 1. The molecular formula is C23H22FN7O2. The molecule has 4 aromatic rings. The Kier molecular flexibility index (Phi) is 5.12. The minimum absolute atomic E-state index is 0.0661. The van der Waals surface area contributed by atoms with Gasteiger partial charge in [0, 0.05) is 43.3 Å². The summed E-state index contributed by atoms with van der Waals surface area (Å²) in [6.07, 6.45) is 4.57. The van der Waals surface area contributed by atoms with Gasteiger partial charge in [-0.2, -0.15) is 15.1 Å². The fraction of sp³-hybridized carbons (Fsp3) is 0.261. The number of aromatic nitrogens is 5. The Morgan fingerprint density at radius 2 is 1.97 bits per heavy atom. The van der Waals surface area contributed by atoms with E-state index < -0.39 is 5.82 Å². The predicted octanol–water partition coefficient (Wildman–Crippen LogP) is 2.86. The summed E-state index contributed by atoms with van der Waals surface area (Å²) < 4.78 is 21.2. The Morgan fingerprint density at radius 1 is 1.18 bits per heavy atom. The van der Waals surface area contributed by atoms with E-state index in [1.54, 1.807) is 17.3 Å². The van der Waals surface area contributed by atoms with Crippen molar-refractivity contribution in [1.82, 2.24) is 30.0 Å². The maximum absolute atomic E-state index is 15.9. The molecule has 1 aromatic carbocycles. The number of hydrogen-bond donors (Lipinski definition) is 1. The van der Waals surface area contributed by atoms with E-state index in [0.29, 0.717) is 42.9 Å². The number of H-pyrrole nitrogens is 1. The number of methoxy groups -OCH3 is 1. The Morgan fingerprint density at radius 3 is 2.70 bits per heavy atom. The number of carbonyl (C=O) groups excluding carboxylic acids is 1. The van der Waals surface area contributed by atoms with Crippen LogP contribution in [-0.2, 0) is 4.79 Å². The van der Waals surface area contributed by atoms with Crippen molar-refractivity contribution in [3.63, 3.8) is 0 Å². The Bertz CT molecular complexity index is 1390. The second kappa shape index (κ2) is 8.12. The highest BCUT2D eigenvalue weighted by Gasteiger charge is 2.25. The monoisotopic (exact) mass is 447 g/mol. The molecule has 1 saturated heterocycles. The molecule has 1 aliphatic rings. The van der Waals surface area contributed by atoms with Crippen LogP contribution >= 0.6 is 0 Å². The van der Waals surface area contributed by atoms with Gasteiger partial charge in [0.2, 0.25) is 5.91 Å². The SMILES string of the molecule is C=CC(=O)N1CCN(c2nc(OC)nc3c(F)c(-c4c(C)ccc5[nH]ncc45)ncc23)CC1. The molecule has 1 fully saturated rings. The van der Waals surface area contributed by atoms with E-state index in [1.807, 2.05) is 24.0 Å². The molecule has 4 heterocycles. The first kappa shape index (κ1) is 20.8. The highest BCUT2D eigenvalue weighted by atomic mass is 19.1. The van der Waals surface area contributed by atoms with Gasteiger partial charge in [-0.25, -0.2) is 4.39 Å². The van der Waals surface area contributed by atoms with Crippen molar-refractivity contribution in [2.24, 2.45) is 0 Å². The molecule has 0 saturated carbocycles. The zero-order valence-corrected chi connectivity index (χ0v) is 18.3. The Labute approximate surface area is 188 Å². The number of aryl methyl sites for hydroxylation is 1. The van der Waals surface area contributed by atoms with Gasteiger partial charge in [-0.15, -0.1) is 0 Å². The average molecular weight is 447 g/mol. The number of hydrogen-bond acceptors (Lipinski definition) is 7. The number of pyridine rings is 1. The molecule has 168 valence electrons. The highest BCUT2D eigenvalue weighted by molar-refractivity contribution is 5.98. The van der Waals surface area contributed by atoms with Crippen LogP contribution in [0.3, 0.4) is 0 Å². The molecule has 3 aromatic heterocycles. The lowest BCUT2D eigenvalue weighted by Crippen LogP contribution is -2.48. The van der Waals surface area contributed by atoms with E-state index >= 15 is 4.39 Å². The topological polar surface area (TPSA) is 100 Å². The highest BCUT2D eigenvalue weighted by Crippen LogP contribution is 2.36. The van der Waals surface area contributed by atoms with Crippen LogP contribution in [0.5, 0.6) is 6.01 Å². The van der Waals surface area contributed by atoms with Crippen molar-refractivity contribution in [2.75, 3.05) is 38.2 Å². The summed E-state index contributed by atoms with van der Waals surface area (Å²) in [4.78, 5) is 28.9. The first-order chi connectivity index (χ1) is 16.0. The summed E-state index contributed by atoms with van der Waals surface area (Å²) in [5.74, 6) is -0.133. The van der Waals surface area contributed by atoms with Crippen LogP contribution in [0.4, 0.5) is 10.2 Å². The lowest BCUT2D eigenvalue weighted by atomic mass is 10.00. The van der Waals surface area contributed by atoms with E-state index in [-0.39, 0.29) is 23.1 Å². The molecule has 33 heavy (non-hydrogen) atoms. The lowest BCUT2D eigenvalue weighted by molar-refractivity contribution is -0.126. The number of ether oxygens (including phenoxy) is 1. The van der Waals surface area contributed by atoms with Crippen LogP contribution in [0.2, 0.25) is 0 Å². The fourth-order valence-corrected chi connectivity index (χ4v) is 4.24. The largest absolute Gasteiger partial charge is 0.467 e. The van der Waals surface area contributed by atoms with Gasteiger partial charge < -0.3 is 14.5 Å². The van der Waals surface area contributed by atoms with Crippen LogP contribution in [0.25, 0.3) is 33.1 Å². The van der Waals surface area contributed by atoms with Gasteiger partial charge in [-0.05, 0) is 24.6 Å². The summed E-state index contributed by atoms with van der Waals surface area (Å²) in [6, 6.07) is 3.87. The van der Waals surface area contributed by atoms with E-state index in [0.717, 1.165) is 16.5 Å². The third-order valence-corrected chi connectivity index (χ3v) is 5.96. The summed E-state index contributed by atoms with van der Waals surface area (Å²) >= 11 is 0. The third-order valence-electron chi connectivity index (χ3n) is 5.96. The number of rotatable bonds is 4. The number of amides is 1.